The van der Waals surface area contributed by atoms with Crippen LogP contribution in [0.5, 0.6) is 0 Å². The second kappa shape index (κ2) is 8.78. The van der Waals surface area contributed by atoms with Crippen LogP contribution in [0.2, 0.25) is 0 Å². The van der Waals surface area contributed by atoms with E-state index in [1.165, 1.54) is 18.2 Å². The van der Waals surface area contributed by atoms with Crippen LogP contribution in [0.1, 0.15) is 28.2 Å². The van der Waals surface area contributed by atoms with Crippen LogP contribution in [0.4, 0.5) is 4.79 Å². The summed E-state index contributed by atoms with van der Waals surface area (Å²) in [5, 5.41) is 5.07. The minimum Gasteiger partial charge on any atom is -0.452 e. The molecule has 0 saturated heterocycles. The van der Waals surface area contributed by atoms with E-state index >= 15 is 0 Å². The molecule has 0 saturated carbocycles. The highest BCUT2D eigenvalue weighted by Gasteiger charge is 2.18. The molecule has 3 aromatic rings. The minimum absolute atomic E-state index is 0.127. The number of imide groups is 1. The lowest BCUT2D eigenvalue weighted by Crippen LogP contribution is -2.41. The van der Waals surface area contributed by atoms with Gasteiger partial charge in [-0.2, -0.15) is 0 Å². The van der Waals surface area contributed by atoms with E-state index in [1.54, 1.807) is 4.57 Å². The van der Waals surface area contributed by atoms with E-state index in [1.807, 2.05) is 30.3 Å². The van der Waals surface area contributed by atoms with Crippen molar-refractivity contribution in [3.8, 4) is 0 Å². The van der Waals surface area contributed by atoms with E-state index in [4.69, 9.17) is 4.74 Å². The molecule has 1 aliphatic heterocycles. The average molecular weight is 420 g/mol. The Bertz CT molecular complexity index is 1220. The van der Waals surface area contributed by atoms with E-state index in [-0.39, 0.29) is 17.7 Å². The van der Waals surface area contributed by atoms with Crippen molar-refractivity contribution < 1.29 is 19.1 Å². The number of carbonyl (C=O) groups is 3. The van der Waals surface area contributed by atoms with Crippen LogP contribution in [0, 0.1) is 0 Å². The molecule has 0 radical (unpaired) electrons. The summed E-state index contributed by atoms with van der Waals surface area (Å²) >= 11 is 0. The highest BCUT2D eigenvalue weighted by molar-refractivity contribution is 5.98. The molecular formula is C22H20N4O5. The first-order valence-corrected chi connectivity index (χ1v) is 9.83. The highest BCUT2D eigenvalue weighted by atomic mass is 16.5. The normalized spacial score (nSPS) is 12.3. The molecule has 0 fully saturated rings. The standard InChI is InChI=1S/C22H20N4O5/c27-19(25-22(30)23-12-14-5-2-1-3-6-14)13-31-21(29)15-8-9-16-17(11-15)24-18-7-4-10-26(18)20(16)28/h1-3,5-6,8-9,11H,4,7,10,12-13H2,(H2,23,25,27,30). The Kier molecular flexibility index (Phi) is 5.74. The van der Waals surface area contributed by atoms with Crippen LogP contribution < -0.4 is 16.2 Å². The molecule has 2 N–H and O–H groups in total. The SMILES string of the molecule is O=C(COC(=O)c1ccc2c(=O)n3c(nc2c1)CCC3)NC(=O)NCc1ccccc1. The fraction of sp³-hybridized carbons (Fsp3) is 0.227. The van der Waals surface area contributed by atoms with Gasteiger partial charge in [0.05, 0.1) is 16.5 Å². The molecule has 9 heteroatoms. The molecule has 0 bridgehead atoms. The van der Waals surface area contributed by atoms with Gasteiger partial charge in [0, 0.05) is 19.5 Å². The molecule has 2 heterocycles. The summed E-state index contributed by atoms with van der Waals surface area (Å²) in [5.74, 6) is -0.804. The van der Waals surface area contributed by atoms with Crippen LogP contribution in [-0.4, -0.2) is 34.1 Å². The minimum atomic E-state index is -0.756. The fourth-order valence-corrected chi connectivity index (χ4v) is 3.41. The molecule has 9 nitrogen and oxygen atoms in total. The molecular weight excluding hydrogens is 400 g/mol. The molecule has 158 valence electrons. The van der Waals surface area contributed by atoms with Crippen LogP contribution in [0.15, 0.2) is 53.3 Å². The number of aryl methyl sites for hydroxylation is 1. The van der Waals surface area contributed by atoms with E-state index in [9.17, 15) is 19.2 Å². The van der Waals surface area contributed by atoms with Crippen molar-refractivity contribution in [3.05, 3.63) is 75.8 Å². The summed E-state index contributed by atoms with van der Waals surface area (Å²) in [7, 11) is 0. The van der Waals surface area contributed by atoms with Crippen molar-refractivity contribution >= 4 is 28.8 Å². The Balaban J connectivity index is 1.32. The summed E-state index contributed by atoms with van der Waals surface area (Å²) < 4.78 is 6.63. The third-order valence-electron chi connectivity index (χ3n) is 4.94. The summed E-state index contributed by atoms with van der Waals surface area (Å²) in [4.78, 5) is 52.9. The van der Waals surface area contributed by atoms with Gasteiger partial charge in [-0.05, 0) is 30.2 Å². The van der Waals surface area contributed by atoms with Gasteiger partial charge in [-0.3, -0.25) is 19.5 Å². The monoisotopic (exact) mass is 420 g/mol. The summed E-state index contributed by atoms with van der Waals surface area (Å²) in [6.07, 6.45) is 1.58. The molecule has 31 heavy (non-hydrogen) atoms. The number of esters is 1. The van der Waals surface area contributed by atoms with Crippen LogP contribution in [0.25, 0.3) is 10.9 Å². The fourth-order valence-electron chi connectivity index (χ4n) is 3.41. The first-order valence-electron chi connectivity index (χ1n) is 9.83. The second-order valence-corrected chi connectivity index (χ2v) is 7.11. The lowest BCUT2D eigenvalue weighted by molar-refractivity contribution is -0.123. The van der Waals surface area contributed by atoms with Gasteiger partial charge >= 0.3 is 12.0 Å². The quantitative estimate of drug-likeness (QED) is 0.604. The topological polar surface area (TPSA) is 119 Å². The molecule has 1 aromatic heterocycles. The Morgan fingerprint density at radius 2 is 1.90 bits per heavy atom. The van der Waals surface area contributed by atoms with Crippen molar-refractivity contribution in [3.63, 3.8) is 0 Å². The van der Waals surface area contributed by atoms with E-state index < -0.39 is 24.5 Å². The number of nitrogens with zero attached hydrogens (tertiary/aromatic N) is 2. The van der Waals surface area contributed by atoms with Crippen LogP contribution in [-0.2, 0) is 29.0 Å². The van der Waals surface area contributed by atoms with E-state index in [0.29, 0.717) is 29.7 Å². The molecule has 3 amide bonds. The van der Waals surface area contributed by atoms with Gasteiger partial charge in [0.1, 0.15) is 5.82 Å². The maximum atomic E-state index is 12.5. The number of urea groups is 1. The van der Waals surface area contributed by atoms with Crippen molar-refractivity contribution in [1.82, 2.24) is 20.2 Å². The number of hydrogen-bond acceptors (Lipinski definition) is 6. The van der Waals surface area contributed by atoms with Gasteiger partial charge in [0.25, 0.3) is 11.5 Å². The largest absolute Gasteiger partial charge is 0.452 e. The first-order chi connectivity index (χ1) is 15.0. The molecule has 0 aliphatic carbocycles. The Labute approximate surface area is 177 Å². The molecule has 4 rings (SSSR count). The number of fused-ring (bicyclic) bond motifs is 2. The Morgan fingerprint density at radius 3 is 2.71 bits per heavy atom. The smallest absolute Gasteiger partial charge is 0.338 e. The average Bonchev–Trinajstić information content (AvgIpc) is 3.25. The van der Waals surface area contributed by atoms with Crippen molar-refractivity contribution in [2.75, 3.05) is 6.61 Å². The number of benzene rings is 2. The van der Waals surface area contributed by atoms with E-state index in [2.05, 4.69) is 15.6 Å². The van der Waals surface area contributed by atoms with Gasteiger partial charge in [0.15, 0.2) is 6.61 Å². The zero-order valence-corrected chi connectivity index (χ0v) is 16.6. The number of carbonyl (C=O) groups excluding carboxylic acids is 3. The number of amides is 3. The van der Waals surface area contributed by atoms with Crippen molar-refractivity contribution in [1.29, 1.82) is 0 Å². The third-order valence-corrected chi connectivity index (χ3v) is 4.94. The Hall–Kier alpha value is -4.01. The van der Waals surface area contributed by atoms with Gasteiger partial charge < -0.3 is 10.1 Å². The molecule has 0 unspecified atom stereocenters. The molecule has 0 atom stereocenters. The predicted molar refractivity (Wildman–Crippen MR) is 111 cm³/mol. The van der Waals surface area contributed by atoms with E-state index in [0.717, 1.165) is 12.0 Å². The number of rotatable bonds is 5. The van der Waals surface area contributed by atoms with Crippen molar-refractivity contribution in [2.45, 2.75) is 25.9 Å². The van der Waals surface area contributed by atoms with Gasteiger partial charge in [0.2, 0.25) is 0 Å². The van der Waals surface area contributed by atoms with Gasteiger partial charge in [-0.25, -0.2) is 14.6 Å². The molecule has 0 spiro atoms. The molecule has 1 aliphatic rings. The van der Waals surface area contributed by atoms with Crippen LogP contribution in [0.3, 0.4) is 0 Å². The number of aromatic nitrogens is 2. The number of ether oxygens (including phenoxy) is 1. The maximum Gasteiger partial charge on any atom is 0.338 e. The second-order valence-electron chi connectivity index (χ2n) is 7.11. The number of hydrogen-bond donors (Lipinski definition) is 2. The van der Waals surface area contributed by atoms with Crippen LogP contribution >= 0.6 is 0 Å². The Morgan fingerprint density at radius 1 is 1.10 bits per heavy atom. The summed E-state index contributed by atoms with van der Waals surface area (Å²) in [6, 6.07) is 13.0. The molecule has 2 aromatic carbocycles. The van der Waals surface area contributed by atoms with Crippen molar-refractivity contribution in [2.24, 2.45) is 0 Å². The highest BCUT2D eigenvalue weighted by Crippen LogP contribution is 2.16. The zero-order chi connectivity index (χ0) is 21.8. The number of nitrogens with one attached hydrogen (secondary N) is 2. The lowest BCUT2D eigenvalue weighted by Gasteiger charge is -2.08. The summed E-state index contributed by atoms with van der Waals surface area (Å²) in [6.45, 7) is 0.290. The van der Waals surface area contributed by atoms with Gasteiger partial charge in [-0.1, -0.05) is 30.3 Å². The lowest BCUT2D eigenvalue weighted by atomic mass is 10.1. The summed E-state index contributed by atoms with van der Waals surface area (Å²) in [5.41, 5.74) is 1.34. The van der Waals surface area contributed by atoms with Gasteiger partial charge in [-0.15, -0.1) is 0 Å². The zero-order valence-electron chi connectivity index (χ0n) is 16.6. The first kappa shape index (κ1) is 20.3. The maximum absolute atomic E-state index is 12.5. The predicted octanol–water partition coefficient (Wildman–Crippen LogP) is 1.53. The third kappa shape index (κ3) is 4.61.